The number of amidine groups is 1. The Balaban J connectivity index is 1.46. The highest BCUT2D eigenvalue weighted by atomic mass is 32.2. The Morgan fingerprint density at radius 2 is 1.96 bits per heavy atom. The second kappa shape index (κ2) is 6.37. The summed E-state index contributed by atoms with van der Waals surface area (Å²) in [6.07, 6.45) is 1.61. The van der Waals surface area contributed by atoms with Crippen LogP contribution in [0.15, 0.2) is 58.7 Å². The van der Waals surface area contributed by atoms with Crippen molar-refractivity contribution in [2.75, 3.05) is 6.79 Å². The number of hydrogen-bond donors (Lipinski definition) is 1. The second-order valence-corrected chi connectivity index (χ2v) is 6.25. The summed E-state index contributed by atoms with van der Waals surface area (Å²) in [6, 6.07) is 15.1. The summed E-state index contributed by atoms with van der Waals surface area (Å²) in [6.45, 7) is 0.238. The third-order valence-electron chi connectivity index (χ3n) is 3.55. The van der Waals surface area contributed by atoms with Gasteiger partial charge in [-0.2, -0.15) is 5.10 Å². The average molecular weight is 339 g/mol. The first-order valence-electron chi connectivity index (χ1n) is 7.33. The van der Waals surface area contributed by atoms with E-state index < -0.39 is 0 Å². The van der Waals surface area contributed by atoms with Gasteiger partial charge in [-0.05, 0) is 29.3 Å². The van der Waals surface area contributed by atoms with E-state index in [0.717, 1.165) is 16.9 Å². The number of benzene rings is 2. The number of rotatable bonds is 3. The standard InChI is InChI=1S/C17H13N3O3S/c21-16-15(12-4-2-1-3-5-12)24-17(19-16)20-18-9-11-6-7-13-14(8-11)23-10-22-13/h1-9,15H,10H2,(H,19,20,21)/b18-9-. The van der Waals surface area contributed by atoms with Crippen LogP contribution in [0.25, 0.3) is 0 Å². The molecule has 24 heavy (non-hydrogen) atoms. The van der Waals surface area contributed by atoms with Gasteiger partial charge in [-0.1, -0.05) is 42.1 Å². The zero-order valence-corrected chi connectivity index (χ0v) is 13.3. The lowest BCUT2D eigenvalue weighted by atomic mass is 10.1. The summed E-state index contributed by atoms with van der Waals surface area (Å²) in [5.74, 6) is 1.34. The number of thioether (sulfide) groups is 1. The molecule has 2 heterocycles. The van der Waals surface area contributed by atoms with Crippen LogP contribution in [0.5, 0.6) is 11.5 Å². The van der Waals surface area contributed by atoms with Gasteiger partial charge in [0.2, 0.25) is 12.7 Å². The molecule has 1 unspecified atom stereocenters. The summed E-state index contributed by atoms with van der Waals surface area (Å²) in [4.78, 5) is 12.1. The summed E-state index contributed by atoms with van der Waals surface area (Å²) in [7, 11) is 0. The Labute approximate surface area is 142 Å². The molecule has 1 atom stereocenters. The highest BCUT2D eigenvalue weighted by Crippen LogP contribution is 2.34. The average Bonchev–Trinajstić information content (AvgIpc) is 3.21. The van der Waals surface area contributed by atoms with E-state index in [1.165, 1.54) is 11.8 Å². The van der Waals surface area contributed by atoms with Gasteiger partial charge in [0, 0.05) is 0 Å². The van der Waals surface area contributed by atoms with Gasteiger partial charge >= 0.3 is 0 Å². The van der Waals surface area contributed by atoms with E-state index in [2.05, 4.69) is 15.5 Å². The predicted octanol–water partition coefficient (Wildman–Crippen LogP) is 2.71. The Bertz CT molecular complexity index is 836. The predicted molar refractivity (Wildman–Crippen MR) is 92.5 cm³/mol. The zero-order valence-electron chi connectivity index (χ0n) is 12.5. The molecule has 2 aromatic carbocycles. The van der Waals surface area contributed by atoms with Gasteiger partial charge in [0.05, 0.1) is 6.21 Å². The summed E-state index contributed by atoms with van der Waals surface area (Å²) in [5.41, 5.74) is 1.79. The number of nitrogens with zero attached hydrogens (tertiary/aromatic N) is 2. The van der Waals surface area contributed by atoms with Gasteiger partial charge in [-0.15, -0.1) is 5.10 Å². The molecule has 1 fully saturated rings. The minimum atomic E-state index is -0.286. The Morgan fingerprint density at radius 1 is 1.12 bits per heavy atom. The number of carbonyl (C=O) groups is 1. The highest BCUT2D eigenvalue weighted by molar-refractivity contribution is 8.15. The van der Waals surface area contributed by atoms with Crippen LogP contribution in [0.1, 0.15) is 16.4 Å². The zero-order chi connectivity index (χ0) is 16.4. The molecule has 0 bridgehead atoms. The van der Waals surface area contributed by atoms with Crippen molar-refractivity contribution in [1.82, 2.24) is 5.32 Å². The lowest BCUT2D eigenvalue weighted by Gasteiger charge is -2.03. The van der Waals surface area contributed by atoms with Crippen LogP contribution in [0.2, 0.25) is 0 Å². The SMILES string of the molecule is O=C1N/C(=N\N=C/c2ccc3c(c2)OCO3)SC1c1ccccc1. The largest absolute Gasteiger partial charge is 0.454 e. The van der Waals surface area contributed by atoms with Crippen molar-refractivity contribution < 1.29 is 14.3 Å². The first-order chi connectivity index (χ1) is 11.8. The van der Waals surface area contributed by atoms with Crippen molar-refractivity contribution in [3.8, 4) is 11.5 Å². The fraction of sp³-hybridized carbons (Fsp3) is 0.118. The van der Waals surface area contributed by atoms with Crippen molar-refractivity contribution >= 4 is 29.1 Å². The van der Waals surface area contributed by atoms with E-state index in [-0.39, 0.29) is 18.0 Å². The molecular formula is C17H13N3O3S. The number of amides is 1. The number of nitrogens with one attached hydrogen (secondary N) is 1. The van der Waals surface area contributed by atoms with Crippen molar-refractivity contribution in [2.24, 2.45) is 10.2 Å². The first kappa shape index (κ1) is 14.8. The molecule has 4 rings (SSSR count). The minimum absolute atomic E-state index is 0.0803. The van der Waals surface area contributed by atoms with Crippen LogP contribution in [-0.2, 0) is 4.79 Å². The fourth-order valence-corrected chi connectivity index (χ4v) is 3.34. The lowest BCUT2D eigenvalue weighted by Crippen LogP contribution is -2.21. The summed E-state index contributed by atoms with van der Waals surface area (Å²) >= 11 is 1.36. The maximum Gasteiger partial charge on any atom is 0.244 e. The molecule has 1 saturated heterocycles. The quantitative estimate of drug-likeness (QED) is 0.689. The normalized spacial score (nSPS) is 20.8. The maximum atomic E-state index is 12.1. The van der Waals surface area contributed by atoms with Gasteiger partial charge in [0.25, 0.3) is 0 Å². The van der Waals surface area contributed by atoms with Crippen molar-refractivity contribution in [3.05, 3.63) is 59.7 Å². The van der Waals surface area contributed by atoms with Gasteiger partial charge < -0.3 is 14.8 Å². The van der Waals surface area contributed by atoms with Crippen molar-refractivity contribution in [1.29, 1.82) is 0 Å². The highest BCUT2D eigenvalue weighted by Gasteiger charge is 2.31. The fourth-order valence-electron chi connectivity index (χ4n) is 2.40. The monoisotopic (exact) mass is 339 g/mol. The topological polar surface area (TPSA) is 72.3 Å². The molecular weight excluding hydrogens is 326 g/mol. The Morgan fingerprint density at radius 3 is 2.83 bits per heavy atom. The second-order valence-electron chi connectivity index (χ2n) is 5.16. The van der Waals surface area contributed by atoms with Crippen LogP contribution in [-0.4, -0.2) is 24.1 Å². The molecule has 7 heteroatoms. The third-order valence-corrected chi connectivity index (χ3v) is 4.68. The van der Waals surface area contributed by atoms with Gasteiger partial charge in [-0.25, -0.2) is 0 Å². The molecule has 1 amide bonds. The van der Waals surface area contributed by atoms with E-state index in [1.807, 2.05) is 48.5 Å². The smallest absolute Gasteiger partial charge is 0.244 e. The van der Waals surface area contributed by atoms with E-state index in [0.29, 0.717) is 10.9 Å². The number of ether oxygens (including phenoxy) is 2. The van der Waals surface area contributed by atoms with Crippen LogP contribution in [0.3, 0.4) is 0 Å². The summed E-state index contributed by atoms with van der Waals surface area (Å²) < 4.78 is 10.6. The molecule has 2 aliphatic heterocycles. The molecule has 2 aromatic rings. The van der Waals surface area contributed by atoms with Crippen LogP contribution < -0.4 is 14.8 Å². The van der Waals surface area contributed by atoms with Gasteiger partial charge in [-0.3, -0.25) is 4.79 Å². The number of hydrogen-bond acceptors (Lipinski definition) is 6. The van der Waals surface area contributed by atoms with Gasteiger partial charge in [0.15, 0.2) is 16.7 Å². The lowest BCUT2D eigenvalue weighted by molar-refractivity contribution is -0.118. The first-order valence-corrected chi connectivity index (χ1v) is 8.21. The van der Waals surface area contributed by atoms with E-state index in [9.17, 15) is 4.79 Å². The molecule has 0 aromatic heterocycles. The maximum absolute atomic E-state index is 12.1. The molecule has 0 radical (unpaired) electrons. The van der Waals surface area contributed by atoms with Crippen LogP contribution in [0.4, 0.5) is 0 Å². The molecule has 0 spiro atoms. The van der Waals surface area contributed by atoms with Crippen molar-refractivity contribution in [3.63, 3.8) is 0 Å². The Kier molecular flexibility index (Phi) is 3.92. The van der Waals surface area contributed by atoms with E-state index in [4.69, 9.17) is 9.47 Å². The molecule has 6 nitrogen and oxygen atoms in total. The van der Waals surface area contributed by atoms with Crippen LogP contribution in [0, 0.1) is 0 Å². The van der Waals surface area contributed by atoms with Crippen LogP contribution >= 0.6 is 11.8 Å². The molecule has 0 aliphatic carbocycles. The third kappa shape index (κ3) is 2.98. The molecule has 2 aliphatic rings. The molecule has 0 saturated carbocycles. The number of fused-ring (bicyclic) bond motifs is 1. The Hall–Kier alpha value is -2.80. The number of carbonyl (C=O) groups excluding carboxylic acids is 1. The van der Waals surface area contributed by atoms with Gasteiger partial charge in [0.1, 0.15) is 5.25 Å². The van der Waals surface area contributed by atoms with E-state index >= 15 is 0 Å². The minimum Gasteiger partial charge on any atom is -0.454 e. The van der Waals surface area contributed by atoms with E-state index in [1.54, 1.807) is 6.21 Å². The molecule has 120 valence electrons. The molecule has 1 N–H and O–H groups in total. The summed E-state index contributed by atoms with van der Waals surface area (Å²) in [5, 5.41) is 11.1. The van der Waals surface area contributed by atoms with Crippen molar-refractivity contribution in [2.45, 2.75) is 5.25 Å².